The van der Waals surface area contributed by atoms with E-state index in [1.807, 2.05) is 37.3 Å². The van der Waals surface area contributed by atoms with Crippen LogP contribution in [0.1, 0.15) is 45.6 Å². The minimum atomic E-state index is -1.19. The molecule has 1 N–H and O–H groups in total. The molecule has 4 heteroatoms. The smallest absolute Gasteiger partial charge is 0.329 e. The zero-order chi connectivity index (χ0) is 15.7. The lowest BCUT2D eigenvalue weighted by Gasteiger charge is -2.47. The molecular weight excluding hydrogens is 266 g/mol. The molecule has 1 aromatic rings. The first-order chi connectivity index (χ1) is 9.86. The molecule has 1 fully saturated rings. The summed E-state index contributed by atoms with van der Waals surface area (Å²) >= 11 is 0. The Morgan fingerprint density at radius 3 is 2.19 bits per heavy atom. The van der Waals surface area contributed by atoms with Crippen LogP contribution >= 0.6 is 0 Å². The number of carbonyl (C=O) groups is 2. The molecule has 21 heavy (non-hydrogen) atoms. The van der Waals surface area contributed by atoms with Crippen molar-refractivity contribution < 1.29 is 14.7 Å². The molecule has 0 aromatic heterocycles. The highest BCUT2D eigenvalue weighted by Crippen LogP contribution is 2.46. The van der Waals surface area contributed by atoms with Gasteiger partial charge in [-0.05, 0) is 39.2 Å². The molecule has 4 nitrogen and oxygen atoms in total. The first-order valence-electron chi connectivity index (χ1n) is 7.47. The zero-order valence-electron chi connectivity index (χ0n) is 12.9. The maximum absolute atomic E-state index is 13.1. The number of nitrogens with zero attached hydrogens (tertiary/aromatic N) is 1. The molecule has 0 bridgehead atoms. The second kappa shape index (κ2) is 5.51. The number of rotatable bonds is 5. The summed E-state index contributed by atoms with van der Waals surface area (Å²) in [6.45, 7) is 5.41. The third-order valence-corrected chi connectivity index (χ3v) is 4.70. The van der Waals surface area contributed by atoms with Crippen LogP contribution in [-0.4, -0.2) is 34.0 Å². The number of hydrogen-bond acceptors (Lipinski definition) is 2. The summed E-state index contributed by atoms with van der Waals surface area (Å²) in [6.07, 6.45) is 2.59. The van der Waals surface area contributed by atoms with Gasteiger partial charge >= 0.3 is 5.97 Å². The summed E-state index contributed by atoms with van der Waals surface area (Å²) in [5.41, 5.74) is -0.728. The monoisotopic (exact) mass is 289 g/mol. The molecule has 1 aromatic carbocycles. The van der Waals surface area contributed by atoms with Gasteiger partial charge in [-0.3, -0.25) is 4.79 Å². The van der Waals surface area contributed by atoms with Gasteiger partial charge in [-0.2, -0.15) is 0 Å². The first-order valence-corrected chi connectivity index (χ1v) is 7.47. The SMILES string of the molecule is CCN(C(=O)C1(c2ccccc2)CCC1)C(C)(C)C(=O)O. The van der Waals surface area contributed by atoms with Crippen molar-refractivity contribution >= 4 is 11.9 Å². The topological polar surface area (TPSA) is 57.6 Å². The Morgan fingerprint density at radius 2 is 1.81 bits per heavy atom. The summed E-state index contributed by atoms with van der Waals surface area (Å²) in [5, 5.41) is 9.42. The van der Waals surface area contributed by atoms with E-state index in [0.717, 1.165) is 24.8 Å². The van der Waals surface area contributed by atoms with Gasteiger partial charge in [0, 0.05) is 6.54 Å². The van der Waals surface area contributed by atoms with E-state index in [9.17, 15) is 14.7 Å². The molecule has 0 aliphatic heterocycles. The Bertz CT molecular complexity index is 532. The van der Waals surface area contributed by atoms with Crippen molar-refractivity contribution in [2.45, 2.75) is 51.0 Å². The second-order valence-electron chi connectivity index (χ2n) is 6.22. The van der Waals surface area contributed by atoms with Gasteiger partial charge in [-0.25, -0.2) is 4.79 Å². The van der Waals surface area contributed by atoms with Gasteiger partial charge < -0.3 is 10.0 Å². The molecular formula is C17H23NO3. The third kappa shape index (κ3) is 2.43. The van der Waals surface area contributed by atoms with Gasteiger partial charge in [-0.1, -0.05) is 36.8 Å². The van der Waals surface area contributed by atoms with Gasteiger partial charge in [0.2, 0.25) is 5.91 Å². The molecule has 1 aliphatic carbocycles. The van der Waals surface area contributed by atoms with Crippen molar-refractivity contribution in [1.82, 2.24) is 4.90 Å². The number of benzene rings is 1. The van der Waals surface area contributed by atoms with E-state index in [4.69, 9.17) is 0 Å². The lowest BCUT2D eigenvalue weighted by Crippen LogP contribution is -2.60. The summed E-state index contributed by atoms with van der Waals surface area (Å²) in [7, 11) is 0. The average molecular weight is 289 g/mol. The molecule has 1 saturated carbocycles. The average Bonchev–Trinajstić information content (AvgIpc) is 2.39. The predicted molar refractivity (Wildman–Crippen MR) is 81.1 cm³/mol. The maximum Gasteiger partial charge on any atom is 0.329 e. The van der Waals surface area contributed by atoms with E-state index in [1.54, 1.807) is 13.8 Å². The number of likely N-dealkylation sites (N-methyl/N-ethyl adjacent to an activating group) is 1. The Labute approximate surface area is 125 Å². The molecule has 114 valence electrons. The van der Waals surface area contributed by atoms with Crippen LogP contribution in [0.4, 0.5) is 0 Å². The summed E-state index contributed by atoms with van der Waals surface area (Å²) in [5.74, 6) is -1.03. The Kier molecular flexibility index (Phi) is 4.08. The van der Waals surface area contributed by atoms with E-state index in [2.05, 4.69) is 0 Å². The number of carboxylic acid groups (broad SMARTS) is 1. The van der Waals surface area contributed by atoms with Crippen LogP contribution in [0.25, 0.3) is 0 Å². The Hall–Kier alpha value is -1.84. The number of carboxylic acids is 1. The van der Waals surface area contributed by atoms with E-state index >= 15 is 0 Å². The second-order valence-corrected chi connectivity index (χ2v) is 6.22. The van der Waals surface area contributed by atoms with Crippen LogP contribution in [-0.2, 0) is 15.0 Å². The highest BCUT2D eigenvalue weighted by molar-refractivity contribution is 5.93. The Morgan fingerprint density at radius 1 is 1.24 bits per heavy atom. The van der Waals surface area contributed by atoms with Crippen LogP contribution in [0.15, 0.2) is 30.3 Å². The first kappa shape index (κ1) is 15.5. The van der Waals surface area contributed by atoms with Crippen LogP contribution in [0.5, 0.6) is 0 Å². The zero-order valence-corrected chi connectivity index (χ0v) is 12.9. The van der Waals surface area contributed by atoms with Crippen LogP contribution < -0.4 is 0 Å². The molecule has 0 heterocycles. The van der Waals surface area contributed by atoms with E-state index in [-0.39, 0.29) is 5.91 Å². The van der Waals surface area contributed by atoms with Crippen LogP contribution in [0.2, 0.25) is 0 Å². The van der Waals surface area contributed by atoms with Crippen molar-refractivity contribution in [3.63, 3.8) is 0 Å². The van der Waals surface area contributed by atoms with Crippen LogP contribution in [0, 0.1) is 0 Å². The van der Waals surface area contributed by atoms with Gasteiger partial charge in [0.05, 0.1) is 5.41 Å². The quantitative estimate of drug-likeness (QED) is 0.906. The predicted octanol–water partition coefficient (Wildman–Crippen LogP) is 2.82. The van der Waals surface area contributed by atoms with E-state index in [1.165, 1.54) is 4.90 Å². The maximum atomic E-state index is 13.1. The molecule has 2 rings (SSSR count). The molecule has 0 saturated heterocycles. The van der Waals surface area contributed by atoms with Gasteiger partial charge in [0.15, 0.2) is 0 Å². The summed E-state index contributed by atoms with van der Waals surface area (Å²) in [4.78, 5) is 26.1. The molecule has 1 amide bonds. The number of aliphatic carboxylic acids is 1. The van der Waals surface area contributed by atoms with Gasteiger partial charge in [0.25, 0.3) is 0 Å². The number of carbonyl (C=O) groups excluding carboxylic acids is 1. The highest BCUT2D eigenvalue weighted by Gasteiger charge is 2.51. The van der Waals surface area contributed by atoms with Crippen LogP contribution in [0.3, 0.4) is 0 Å². The highest BCUT2D eigenvalue weighted by atomic mass is 16.4. The van der Waals surface area contributed by atoms with Crippen molar-refractivity contribution in [3.05, 3.63) is 35.9 Å². The van der Waals surface area contributed by atoms with Crippen molar-refractivity contribution in [2.75, 3.05) is 6.54 Å². The molecule has 0 radical (unpaired) electrons. The minimum Gasteiger partial charge on any atom is -0.480 e. The molecule has 0 atom stereocenters. The lowest BCUT2D eigenvalue weighted by atomic mass is 9.63. The van der Waals surface area contributed by atoms with Crippen molar-refractivity contribution in [1.29, 1.82) is 0 Å². The largest absolute Gasteiger partial charge is 0.480 e. The van der Waals surface area contributed by atoms with E-state index in [0.29, 0.717) is 6.54 Å². The van der Waals surface area contributed by atoms with Crippen molar-refractivity contribution in [3.8, 4) is 0 Å². The van der Waals surface area contributed by atoms with Crippen molar-refractivity contribution in [2.24, 2.45) is 0 Å². The lowest BCUT2D eigenvalue weighted by molar-refractivity contribution is -0.161. The van der Waals surface area contributed by atoms with E-state index < -0.39 is 16.9 Å². The third-order valence-electron chi connectivity index (χ3n) is 4.70. The fourth-order valence-corrected chi connectivity index (χ4v) is 3.08. The van der Waals surface area contributed by atoms with Gasteiger partial charge in [0.1, 0.15) is 5.54 Å². The molecule has 1 aliphatic rings. The Balaban J connectivity index is 2.38. The van der Waals surface area contributed by atoms with Gasteiger partial charge in [-0.15, -0.1) is 0 Å². The standard InChI is InChI=1S/C17H23NO3/c1-4-18(16(2,3)15(20)21)14(19)17(11-8-12-17)13-9-6-5-7-10-13/h5-7,9-10H,4,8,11-12H2,1-3H3,(H,20,21). The normalized spacial score (nSPS) is 16.9. The summed E-state index contributed by atoms with van der Waals surface area (Å²) < 4.78 is 0. The number of amides is 1. The molecule has 0 spiro atoms. The summed E-state index contributed by atoms with van der Waals surface area (Å²) in [6, 6.07) is 9.74. The fourth-order valence-electron chi connectivity index (χ4n) is 3.08. The fraction of sp³-hybridized carbons (Fsp3) is 0.529. The minimum absolute atomic E-state index is 0.0603. The molecule has 0 unspecified atom stereocenters. The number of hydrogen-bond donors (Lipinski definition) is 1.